The average molecular weight is 507 g/mol. The van der Waals surface area contributed by atoms with Gasteiger partial charge in [-0.3, -0.25) is 0 Å². The quantitative estimate of drug-likeness (QED) is 0.439. The maximum absolute atomic E-state index is 2.60. The van der Waals surface area contributed by atoms with E-state index in [-0.39, 0.29) is 30.2 Å². The third-order valence-electron chi connectivity index (χ3n) is 3.90. The Morgan fingerprint density at radius 3 is 2.10 bits per heavy atom. The number of allylic oxidation sites excluding steroid dienone is 8. The molecule has 0 radical (unpaired) electrons. The molecular weight excluding hydrogens is 482 g/mol. The van der Waals surface area contributed by atoms with Gasteiger partial charge in [-0.15, -0.1) is 0 Å². The average Bonchev–Trinajstić information content (AvgIpc) is 2.84. The molecule has 0 spiro atoms. The van der Waals surface area contributed by atoms with Crippen LogP contribution < -0.4 is 24.8 Å². The SMILES string of the molecule is CCCC1(C2=C[C]([Hf+2])(C[Si](C)(C)C)C=C2)C=CC=C1.[Cl-].[Cl-]. The third-order valence-corrected chi connectivity index (χ3v) is 8.56. The number of hydrogen-bond acceptors (Lipinski definition) is 0. The van der Waals surface area contributed by atoms with Crippen LogP contribution in [0, 0.1) is 5.41 Å². The van der Waals surface area contributed by atoms with E-state index in [2.05, 4.69) is 69.1 Å². The number of rotatable bonds is 5. The van der Waals surface area contributed by atoms with Crippen LogP contribution in [0.5, 0.6) is 0 Å². The fourth-order valence-corrected chi connectivity index (χ4v) is 11.9. The van der Waals surface area contributed by atoms with Gasteiger partial charge < -0.3 is 24.8 Å². The normalized spacial score (nSPS) is 25.5. The van der Waals surface area contributed by atoms with Crippen molar-refractivity contribution in [2.75, 3.05) is 0 Å². The van der Waals surface area contributed by atoms with Gasteiger partial charge in [-0.25, -0.2) is 0 Å². The second-order valence-corrected chi connectivity index (χ2v) is 16.0. The summed E-state index contributed by atoms with van der Waals surface area (Å²) in [5.41, 5.74) is 1.75. The molecule has 2 aliphatic carbocycles. The molecule has 1 atom stereocenters. The second-order valence-electron chi connectivity index (χ2n) is 7.22. The van der Waals surface area contributed by atoms with E-state index in [1.807, 2.05) is 0 Å². The van der Waals surface area contributed by atoms with Gasteiger partial charge in [-0.1, -0.05) is 0 Å². The molecule has 4 heteroatoms. The van der Waals surface area contributed by atoms with Crippen molar-refractivity contribution < 1.29 is 49.2 Å². The molecule has 21 heavy (non-hydrogen) atoms. The van der Waals surface area contributed by atoms with Crippen LogP contribution in [0.25, 0.3) is 0 Å². The topological polar surface area (TPSA) is 0 Å². The Kier molecular flexibility index (Phi) is 8.18. The third kappa shape index (κ3) is 5.33. The van der Waals surface area contributed by atoms with Crippen molar-refractivity contribution in [3.05, 3.63) is 48.1 Å². The Labute approximate surface area is 158 Å². The molecule has 1 unspecified atom stereocenters. The molecule has 0 bridgehead atoms. The minimum absolute atomic E-state index is 0. The van der Waals surface area contributed by atoms with Crippen LogP contribution in [0.3, 0.4) is 0 Å². The summed E-state index contributed by atoms with van der Waals surface area (Å²) >= 11 is 1.24. The Hall–Kier alpha value is 0.627. The van der Waals surface area contributed by atoms with Crippen molar-refractivity contribution in [3.63, 3.8) is 0 Å². The fourth-order valence-electron chi connectivity index (χ4n) is 3.32. The summed E-state index contributed by atoms with van der Waals surface area (Å²) < 4.78 is 0.421. The molecule has 115 valence electrons. The molecule has 2 rings (SSSR count). The molecule has 2 aliphatic rings. The van der Waals surface area contributed by atoms with Crippen LogP contribution in [0.4, 0.5) is 0 Å². The van der Waals surface area contributed by atoms with E-state index >= 15 is 0 Å². The standard InChI is InChI=1S/C17H25Si.2ClH.Hf/c1-5-10-17(11-6-7-12-17)16-9-8-15(13-16)14-18(2,3)4;;;/h6-9,11-13H,5,10,14H2,1-4H3;2*1H;/q;;;+2/p-2. The van der Waals surface area contributed by atoms with E-state index < -0.39 is 8.07 Å². The summed E-state index contributed by atoms with van der Waals surface area (Å²) in [5, 5.41) is 0. The van der Waals surface area contributed by atoms with Crippen molar-refractivity contribution in [2.24, 2.45) is 5.41 Å². The van der Waals surface area contributed by atoms with Crippen molar-refractivity contribution in [2.45, 2.75) is 48.6 Å². The predicted molar refractivity (Wildman–Crippen MR) is 83.7 cm³/mol. The smallest absolute Gasteiger partial charge is 1.00 e. The van der Waals surface area contributed by atoms with Gasteiger partial charge in [0, 0.05) is 0 Å². The molecule has 0 heterocycles. The van der Waals surface area contributed by atoms with Crippen LogP contribution in [0.1, 0.15) is 19.8 Å². The van der Waals surface area contributed by atoms with Gasteiger partial charge in [-0.2, -0.15) is 0 Å². The van der Waals surface area contributed by atoms with E-state index in [9.17, 15) is 0 Å². The molecule has 0 N–H and O–H groups in total. The Morgan fingerprint density at radius 2 is 1.62 bits per heavy atom. The van der Waals surface area contributed by atoms with Gasteiger partial charge in [0.15, 0.2) is 0 Å². The fraction of sp³-hybridized carbons (Fsp3) is 0.529. The molecule has 0 amide bonds. The van der Waals surface area contributed by atoms with Gasteiger partial charge in [0.25, 0.3) is 0 Å². The van der Waals surface area contributed by atoms with Crippen molar-refractivity contribution in [3.8, 4) is 0 Å². The molecular formula is C17H25Cl2HfSi. The Morgan fingerprint density at radius 1 is 1.05 bits per heavy atom. The van der Waals surface area contributed by atoms with Gasteiger partial charge in [0.1, 0.15) is 0 Å². The molecule has 0 aromatic rings. The van der Waals surface area contributed by atoms with Crippen LogP contribution >= 0.6 is 0 Å². The van der Waals surface area contributed by atoms with E-state index in [0.717, 1.165) is 0 Å². The first-order chi connectivity index (χ1) is 8.79. The summed E-state index contributed by atoms with van der Waals surface area (Å²) in [6, 6.07) is 1.40. The summed E-state index contributed by atoms with van der Waals surface area (Å²) in [6.45, 7) is 9.76. The molecule has 0 saturated heterocycles. The Bertz CT molecular complexity index is 460. The molecule has 0 aliphatic heterocycles. The zero-order chi connectivity index (χ0) is 14.1. The van der Waals surface area contributed by atoms with E-state index in [4.69, 9.17) is 0 Å². The zero-order valence-corrected chi connectivity index (χ0v) is 19.5. The first-order valence-corrected chi connectivity index (χ1v) is 12.8. The van der Waals surface area contributed by atoms with E-state index in [1.54, 1.807) is 5.57 Å². The number of halogens is 2. The second kappa shape index (κ2) is 7.94. The van der Waals surface area contributed by atoms with Gasteiger partial charge in [-0.05, 0) is 0 Å². The minimum Gasteiger partial charge on any atom is -1.00 e. The van der Waals surface area contributed by atoms with Gasteiger partial charge in [0.2, 0.25) is 0 Å². The minimum atomic E-state index is -1.00. The Balaban J connectivity index is 0.00000200. The number of hydrogen-bond donors (Lipinski definition) is 0. The molecule has 0 nitrogen and oxygen atoms in total. The zero-order valence-electron chi connectivity index (χ0n) is 13.4. The van der Waals surface area contributed by atoms with Crippen LogP contribution in [0.15, 0.2) is 48.1 Å². The van der Waals surface area contributed by atoms with E-state index in [1.165, 1.54) is 43.3 Å². The van der Waals surface area contributed by atoms with Gasteiger partial charge in [0.05, 0.1) is 0 Å². The van der Waals surface area contributed by atoms with Crippen molar-refractivity contribution in [1.82, 2.24) is 0 Å². The van der Waals surface area contributed by atoms with Crippen molar-refractivity contribution >= 4 is 8.07 Å². The first-order valence-electron chi connectivity index (χ1n) is 7.33. The molecule has 0 aromatic carbocycles. The molecule has 0 saturated carbocycles. The van der Waals surface area contributed by atoms with Crippen LogP contribution in [-0.4, -0.2) is 8.07 Å². The van der Waals surface area contributed by atoms with E-state index in [0.29, 0.717) is 3.17 Å². The molecule has 0 fully saturated rings. The maximum atomic E-state index is 2.60. The molecule has 0 aromatic heterocycles. The predicted octanol–water partition coefficient (Wildman–Crippen LogP) is -0.553. The summed E-state index contributed by atoms with van der Waals surface area (Å²) in [5.74, 6) is 0. The van der Waals surface area contributed by atoms with Crippen LogP contribution in [-0.2, 0) is 24.4 Å². The largest absolute Gasteiger partial charge is 1.00 e. The van der Waals surface area contributed by atoms with Crippen molar-refractivity contribution in [1.29, 1.82) is 0 Å². The monoisotopic (exact) mass is 507 g/mol. The first kappa shape index (κ1) is 21.6. The van der Waals surface area contributed by atoms with Crippen LogP contribution in [0.2, 0.25) is 28.9 Å². The van der Waals surface area contributed by atoms with Gasteiger partial charge >= 0.3 is 135 Å². The summed E-state index contributed by atoms with van der Waals surface area (Å²) in [6.07, 6.45) is 19.2. The summed E-state index contributed by atoms with van der Waals surface area (Å²) in [7, 11) is -1.00. The summed E-state index contributed by atoms with van der Waals surface area (Å²) in [4.78, 5) is 0. The maximum Gasteiger partial charge on any atom is -1.00 e.